The molecule has 2 aromatic heterocycles. The number of pyridine rings is 2. The Bertz CT molecular complexity index is 1340. The smallest absolute Gasteiger partial charge is 0.296 e. The highest BCUT2D eigenvalue weighted by Crippen LogP contribution is 2.28. The minimum atomic E-state index is -0.208. The molecule has 0 bridgehead atoms. The van der Waals surface area contributed by atoms with Crippen molar-refractivity contribution in [1.82, 2.24) is 25.1 Å². The number of fused-ring (bicyclic) bond motifs is 1. The summed E-state index contributed by atoms with van der Waals surface area (Å²) in [5.41, 5.74) is 4.73. The zero-order valence-electron chi connectivity index (χ0n) is 24.5. The Morgan fingerprint density at radius 2 is 1.85 bits per heavy atom. The van der Waals surface area contributed by atoms with E-state index in [1.54, 1.807) is 6.20 Å². The number of likely N-dealkylation sites (tertiary alicyclic amines) is 2. The van der Waals surface area contributed by atoms with Crippen LogP contribution < -0.4 is 10.6 Å². The SMILES string of the molecule is CN1CCCC(CCNC(=O)C#Cc2ccc(-c3cc(NCCCN4CCCCC4)c4cnccc4n3)cc2)CC1. The lowest BCUT2D eigenvalue weighted by atomic mass is 9.97. The van der Waals surface area contributed by atoms with Crippen molar-refractivity contribution < 1.29 is 4.79 Å². The zero-order chi connectivity index (χ0) is 28.3. The Balaban J connectivity index is 1.16. The summed E-state index contributed by atoms with van der Waals surface area (Å²) < 4.78 is 0. The van der Waals surface area contributed by atoms with E-state index in [2.05, 4.69) is 50.4 Å². The molecule has 41 heavy (non-hydrogen) atoms. The van der Waals surface area contributed by atoms with E-state index in [9.17, 15) is 4.79 Å². The fourth-order valence-corrected chi connectivity index (χ4v) is 5.96. The van der Waals surface area contributed by atoms with E-state index in [1.807, 2.05) is 36.5 Å². The minimum Gasteiger partial charge on any atom is -0.384 e. The molecule has 0 aliphatic carbocycles. The minimum absolute atomic E-state index is 0.208. The predicted molar refractivity (Wildman–Crippen MR) is 168 cm³/mol. The van der Waals surface area contributed by atoms with E-state index in [-0.39, 0.29) is 5.91 Å². The van der Waals surface area contributed by atoms with Crippen LogP contribution in [-0.4, -0.2) is 78.5 Å². The monoisotopic (exact) mass is 552 g/mol. The number of piperidine rings is 1. The van der Waals surface area contributed by atoms with Crippen LogP contribution in [0.4, 0.5) is 5.69 Å². The molecule has 0 spiro atoms. The van der Waals surface area contributed by atoms with Crippen LogP contribution in [-0.2, 0) is 4.79 Å². The lowest BCUT2D eigenvalue weighted by molar-refractivity contribution is -0.115. The van der Waals surface area contributed by atoms with Crippen molar-refractivity contribution in [3.8, 4) is 23.1 Å². The quantitative estimate of drug-likeness (QED) is 0.282. The maximum absolute atomic E-state index is 12.3. The Hall–Kier alpha value is -3.47. The number of aromatic nitrogens is 2. The maximum atomic E-state index is 12.3. The van der Waals surface area contributed by atoms with Crippen LogP contribution in [0.25, 0.3) is 22.2 Å². The third-order valence-corrected chi connectivity index (χ3v) is 8.44. The van der Waals surface area contributed by atoms with Crippen molar-refractivity contribution in [3.05, 3.63) is 54.4 Å². The molecule has 4 heterocycles. The summed E-state index contributed by atoms with van der Waals surface area (Å²) in [5, 5.41) is 7.67. The van der Waals surface area contributed by atoms with Gasteiger partial charge in [0.25, 0.3) is 5.91 Å². The van der Waals surface area contributed by atoms with E-state index in [0.717, 1.165) is 65.9 Å². The van der Waals surface area contributed by atoms with Gasteiger partial charge in [0.1, 0.15) is 0 Å². The van der Waals surface area contributed by atoms with E-state index in [4.69, 9.17) is 4.98 Å². The van der Waals surface area contributed by atoms with Gasteiger partial charge < -0.3 is 20.4 Å². The van der Waals surface area contributed by atoms with Crippen molar-refractivity contribution in [2.45, 2.75) is 51.4 Å². The fraction of sp³-hybridized carbons (Fsp3) is 0.500. The Morgan fingerprint density at radius 3 is 2.71 bits per heavy atom. The average Bonchev–Trinajstić information content (AvgIpc) is 3.22. The number of hydrogen-bond acceptors (Lipinski definition) is 6. The van der Waals surface area contributed by atoms with E-state index in [1.165, 1.54) is 58.2 Å². The predicted octanol–water partition coefficient (Wildman–Crippen LogP) is 5.17. The Morgan fingerprint density at radius 1 is 1.00 bits per heavy atom. The first-order valence-corrected chi connectivity index (χ1v) is 15.4. The summed E-state index contributed by atoms with van der Waals surface area (Å²) in [6.07, 6.45) is 13.5. The van der Waals surface area contributed by atoms with Crippen LogP contribution in [0.3, 0.4) is 0 Å². The molecule has 2 aliphatic rings. The number of amides is 1. The lowest BCUT2D eigenvalue weighted by Crippen LogP contribution is -2.31. The highest BCUT2D eigenvalue weighted by Gasteiger charge is 2.15. The second-order valence-electron chi connectivity index (χ2n) is 11.6. The molecule has 1 unspecified atom stereocenters. The summed E-state index contributed by atoms with van der Waals surface area (Å²) in [4.78, 5) is 26.5. The summed E-state index contributed by atoms with van der Waals surface area (Å²) in [6.45, 7) is 7.54. The summed E-state index contributed by atoms with van der Waals surface area (Å²) in [6, 6.07) is 12.1. The van der Waals surface area contributed by atoms with E-state index < -0.39 is 0 Å². The van der Waals surface area contributed by atoms with Gasteiger partial charge >= 0.3 is 0 Å². The molecule has 1 amide bonds. The lowest BCUT2D eigenvalue weighted by Gasteiger charge is -2.26. The highest BCUT2D eigenvalue weighted by atomic mass is 16.1. The van der Waals surface area contributed by atoms with Gasteiger partial charge in [0.05, 0.1) is 11.2 Å². The topological polar surface area (TPSA) is 73.4 Å². The molecule has 2 saturated heterocycles. The van der Waals surface area contributed by atoms with Gasteiger partial charge in [-0.15, -0.1) is 0 Å². The molecular weight excluding hydrogens is 508 g/mol. The standard InChI is InChI=1S/C34H44N6O/c1-39-20-5-7-27(16-24-39)14-19-37-34(41)13-10-28-8-11-29(12-9-28)32-25-33(30-26-35-18-15-31(30)38-32)36-17-6-23-40-21-3-2-4-22-40/h8-9,11-12,15,18,25-27H,2-7,14,16-17,19-24H2,1H3,(H,36,38)(H,37,41). The van der Waals surface area contributed by atoms with Crippen molar-refractivity contribution in [2.75, 3.05) is 58.2 Å². The summed E-state index contributed by atoms with van der Waals surface area (Å²) in [7, 11) is 2.19. The molecule has 2 aliphatic heterocycles. The van der Waals surface area contributed by atoms with Gasteiger partial charge in [-0.25, -0.2) is 4.98 Å². The molecule has 7 heteroatoms. The molecule has 3 aromatic rings. The molecule has 1 aromatic carbocycles. The van der Waals surface area contributed by atoms with Gasteiger partial charge in [0.15, 0.2) is 0 Å². The van der Waals surface area contributed by atoms with Gasteiger partial charge in [-0.1, -0.05) is 24.5 Å². The van der Waals surface area contributed by atoms with Crippen LogP contribution >= 0.6 is 0 Å². The van der Waals surface area contributed by atoms with Crippen molar-refractivity contribution in [2.24, 2.45) is 5.92 Å². The number of hydrogen-bond donors (Lipinski definition) is 2. The zero-order valence-corrected chi connectivity index (χ0v) is 24.5. The number of nitrogens with one attached hydrogen (secondary N) is 2. The molecule has 0 radical (unpaired) electrons. The van der Waals surface area contributed by atoms with Gasteiger partial charge in [0, 0.05) is 53.6 Å². The number of nitrogens with zero attached hydrogens (tertiary/aromatic N) is 4. The van der Waals surface area contributed by atoms with E-state index >= 15 is 0 Å². The molecule has 2 N–H and O–H groups in total. The van der Waals surface area contributed by atoms with Crippen molar-refractivity contribution in [3.63, 3.8) is 0 Å². The third-order valence-electron chi connectivity index (χ3n) is 8.44. The van der Waals surface area contributed by atoms with Crippen LogP contribution in [0.2, 0.25) is 0 Å². The molecule has 1 atom stereocenters. The Kier molecular flexibility index (Phi) is 10.6. The Labute approximate surface area is 245 Å². The average molecular weight is 553 g/mol. The number of rotatable bonds is 9. The second kappa shape index (κ2) is 15.0. The fourth-order valence-electron chi connectivity index (χ4n) is 5.96. The van der Waals surface area contributed by atoms with Gasteiger partial charge in [-0.2, -0.15) is 0 Å². The van der Waals surface area contributed by atoms with Gasteiger partial charge in [0.2, 0.25) is 0 Å². The maximum Gasteiger partial charge on any atom is 0.296 e. The summed E-state index contributed by atoms with van der Waals surface area (Å²) in [5.74, 6) is 6.26. The van der Waals surface area contributed by atoms with Gasteiger partial charge in [-0.05, 0) is 115 Å². The van der Waals surface area contributed by atoms with E-state index in [0.29, 0.717) is 12.5 Å². The molecule has 216 valence electrons. The third kappa shape index (κ3) is 8.76. The normalized spacial score (nSPS) is 18.3. The second-order valence-corrected chi connectivity index (χ2v) is 11.6. The first-order chi connectivity index (χ1) is 20.1. The molecule has 2 fully saturated rings. The number of anilines is 1. The summed E-state index contributed by atoms with van der Waals surface area (Å²) >= 11 is 0. The molecule has 0 saturated carbocycles. The van der Waals surface area contributed by atoms with Crippen molar-refractivity contribution in [1.29, 1.82) is 0 Å². The highest BCUT2D eigenvalue weighted by molar-refractivity contribution is 5.94. The molecular formula is C34H44N6O. The molecule has 5 rings (SSSR count). The largest absolute Gasteiger partial charge is 0.384 e. The van der Waals surface area contributed by atoms with Crippen LogP contribution in [0.5, 0.6) is 0 Å². The van der Waals surface area contributed by atoms with Crippen LogP contribution in [0.15, 0.2) is 48.8 Å². The first kappa shape index (κ1) is 29.0. The van der Waals surface area contributed by atoms with Crippen molar-refractivity contribution >= 4 is 22.5 Å². The van der Waals surface area contributed by atoms with Gasteiger partial charge in [-0.3, -0.25) is 9.78 Å². The van der Waals surface area contributed by atoms with Crippen LogP contribution in [0, 0.1) is 17.8 Å². The van der Waals surface area contributed by atoms with Crippen LogP contribution in [0.1, 0.15) is 56.9 Å². The number of carbonyl (C=O) groups is 1. The number of carbonyl (C=O) groups excluding carboxylic acids is 1. The number of benzene rings is 1. The molecule has 7 nitrogen and oxygen atoms in total. The first-order valence-electron chi connectivity index (χ1n) is 15.4.